The van der Waals surface area contributed by atoms with Crippen molar-refractivity contribution in [3.8, 4) is 5.75 Å². The minimum absolute atomic E-state index is 0.0485. The molecule has 0 radical (unpaired) electrons. The van der Waals surface area contributed by atoms with Gasteiger partial charge in [-0.2, -0.15) is 13.9 Å². The maximum absolute atomic E-state index is 12.4. The predicted octanol–water partition coefficient (Wildman–Crippen LogP) is 2.69. The second-order valence-electron chi connectivity index (χ2n) is 5.03. The van der Waals surface area contributed by atoms with Crippen LogP contribution >= 0.6 is 0 Å². The first-order chi connectivity index (χ1) is 11.3. The molecular weight excluding hydrogens is 324 g/mol. The number of rotatable bonds is 6. The summed E-state index contributed by atoms with van der Waals surface area (Å²) in [7, 11) is 0. The van der Waals surface area contributed by atoms with Crippen LogP contribution in [-0.2, 0) is 4.79 Å². The van der Waals surface area contributed by atoms with Crippen molar-refractivity contribution in [2.75, 3.05) is 5.32 Å². The summed E-state index contributed by atoms with van der Waals surface area (Å²) in [5.41, 5.74) is 0.755. The van der Waals surface area contributed by atoms with E-state index in [4.69, 9.17) is 5.11 Å². The molecule has 1 atom stereocenters. The summed E-state index contributed by atoms with van der Waals surface area (Å²) in [6.45, 7) is 0.107. The Morgan fingerprint density at radius 2 is 2.04 bits per heavy atom. The fourth-order valence-electron chi connectivity index (χ4n) is 1.91. The highest BCUT2D eigenvalue weighted by Gasteiger charge is 2.18. The Bertz CT molecular complexity index is 761. The molecule has 7 nitrogen and oxygen atoms in total. The largest absolute Gasteiger partial charge is 0.480 e. The highest BCUT2D eigenvalue weighted by molar-refractivity contribution is 6.03. The molecule has 24 heavy (non-hydrogen) atoms. The van der Waals surface area contributed by atoms with Gasteiger partial charge in [0.05, 0.1) is 5.69 Å². The monoisotopic (exact) mass is 339 g/mol. The van der Waals surface area contributed by atoms with Crippen molar-refractivity contribution in [2.45, 2.75) is 26.5 Å². The molecule has 128 valence electrons. The van der Waals surface area contributed by atoms with E-state index in [1.807, 2.05) is 0 Å². The van der Waals surface area contributed by atoms with Gasteiger partial charge in [0.1, 0.15) is 11.8 Å². The van der Waals surface area contributed by atoms with Crippen LogP contribution in [0.2, 0.25) is 0 Å². The van der Waals surface area contributed by atoms with Gasteiger partial charge in [0.15, 0.2) is 5.69 Å². The first-order valence-electron chi connectivity index (χ1n) is 6.92. The van der Waals surface area contributed by atoms with Gasteiger partial charge in [-0.05, 0) is 37.6 Å². The fourth-order valence-corrected chi connectivity index (χ4v) is 1.91. The van der Waals surface area contributed by atoms with Gasteiger partial charge in [0.25, 0.3) is 5.91 Å². The number of carboxylic acid groups (broad SMARTS) is 1. The molecule has 0 saturated heterocycles. The Hall–Kier alpha value is -2.97. The second-order valence-corrected chi connectivity index (χ2v) is 5.03. The zero-order valence-electron chi connectivity index (χ0n) is 12.9. The van der Waals surface area contributed by atoms with E-state index < -0.39 is 24.5 Å². The average Bonchev–Trinajstić information content (AvgIpc) is 2.98. The number of carboxylic acids is 1. The van der Waals surface area contributed by atoms with Gasteiger partial charge in [-0.25, -0.2) is 4.79 Å². The lowest BCUT2D eigenvalue weighted by Gasteiger charge is -2.12. The quantitative estimate of drug-likeness (QED) is 0.844. The Kier molecular flexibility index (Phi) is 5.12. The molecule has 1 aromatic heterocycles. The number of carbonyl (C=O) groups is 2. The molecule has 0 aliphatic heterocycles. The van der Waals surface area contributed by atoms with Crippen LogP contribution < -0.4 is 10.1 Å². The number of aromatic nitrogens is 2. The molecule has 1 heterocycles. The fraction of sp³-hybridized carbons (Fsp3) is 0.267. The number of benzene rings is 1. The van der Waals surface area contributed by atoms with Crippen LogP contribution in [0.3, 0.4) is 0 Å². The number of nitrogens with zero attached hydrogens (tertiary/aromatic N) is 2. The summed E-state index contributed by atoms with van der Waals surface area (Å²) in [6.07, 6.45) is 1.35. The molecule has 0 fully saturated rings. The smallest absolute Gasteiger partial charge is 0.387 e. The van der Waals surface area contributed by atoms with Crippen molar-refractivity contribution in [2.24, 2.45) is 0 Å². The van der Waals surface area contributed by atoms with Crippen molar-refractivity contribution < 1.29 is 28.2 Å². The van der Waals surface area contributed by atoms with Gasteiger partial charge in [0, 0.05) is 6.20 Å². The number of hydrogen-bond acceptors (Lipinski definition) is 4. The van der Waals surface area contributed by atoms with Crippen LogP contribution in [0.1, 0.15) is 29.0 Å². The summed E-state index contributed by atoms with van der Waals surface area (Å²) in [4.78, 5) is 23.1. The molecule has 9 heteroatoms. The highest BCUT2D eigenvalue weighted by atomic mass is 19.3. The predicted molar refractivity (Wildman–Crippen MR) is 80.3 cm³/mol. The van der Waals surface area contributed by atoms with E-state index in [9.17, 15) is 18.4 Å². The van der Waals surface area contributed by atoms with E-state index in [-0.39, 0.29) is 17.1 Å². The van der Waals surface area contributed by atoms with E-state index in [0.717, 1.165) is 10.2 Å². The van der Waals surface area contributed by atoms with Gasteiger partial charge in [0.2, 0.25) is 0 Å². The summed E-state index contributed by atoms with van der Waals surface area (Å²) in [5, 5.41) is 15.2. The van der Waals surface area contributed by atoms with E-state index in [1.54, 1.807) is 13.0 Å². The Labute approximate surface area is 135 Å². The molecule has 2 aromatic rings. The van der Waals surface area contributed by atoms with Gasteiger partial charge in [-0.3, -0.25) is 9.48 Å². The molecule has 0 spiro atoms. The standard InChI is InChI=1S/C15H15F2N3O4/c1-8-3-4-12(24-15(16)17)11(7-8)18-13(21)10-5-6-20(19-10)9(2)14(22)23/h3-7,9,15H,1-2H3,(H,18,21)(H,22,23). The molecule has 0 bridgehead atoms. The summed E-state index contributed by atoms with van der Waals surface area (Å²) >= 11 is 0. The first-order valence-corrected chi connectivity index (χ1v) is 6.92. The number of halogens is 2. The lowest BCUT2D eigenvalue weighted by Crippen LogP contribution is -2.18. The van der Waals surface area contributed by atoms with E-state index in [2.05, 4.69) is 15.2 Å². The van der Waals surface area contributed by atoms with Crippen molar-refractivity contribution in [1.29, 1.82) is 0 Å². The number of carbonyl (C=O) groups excluding carboxylic acids is 1. The van der Waals surface area contributed by atoms with Gasteiger partial charge in [-0.15, -0.1) is 0 Å². The number of nitrogens with one attached hydrogen (secondary N) is 1. The average molecular weight is 339 g/mol. The summed E-state index contributed by atoms with van der Waals surface area (Å²) in [6, 6.07) is 4.76. The van der Waals surface area contributed by atoms with Crippen molar-refractivity contribution in [1.82, 2.24) is 9.78 Å². The zero-order valence-corrected chi connectivity index (χ0v) is 12.9. The molecule has 2 rings (SSSR count). The third-order valence-electron chi connectivity index (χ3n) is 3.19. The Balaban J connectivity index is 2.21. The van der Waals surface area contributed by atoms with Crippen LogP contribution in [0, 0.1) is 6.92 Å². The molecule has 1 unspecified atom stereocenters. The number of aliphatic carboxylic acids is 1. The topological polar surface area (TPSA) is 93.5 Å². The zero-order chi connectivity index (χ0) is 17.9. The van der Waals surface area contributed by atoms with Crippen molar-refractivity contribution >= 4 is 17.6 Å². The second kappa shape index (κ2) is 7.07. The summed E-state index contributed by atoms with van der Waals surface area (Å²) in [5.74, 6) is -1.95. The Morgan fingerprint density at radius 3 is 2.67 bits per heavy atom. The van der Waals surface area contributed by atoms with Gasteiger partial charge < -0.3 is 15.2 Å². The molecule has 2 N–H and O–H groups in total. The van der Waals surface area contributed by atoms with E-state index in [0.29, 0.717) is 0 Å². The van der Waals surface area contributed by atoms with Gasteiger partial charge in [-0.1, -0.05) is 6.07 Å². The van der Waals surface area contributed by atoms with Crippen LogP contribution in [0.25, 0.3) is 0 Å². The molecule has 0 aliphatic rings. The third kappa shape index (κ3) is 4.06. The number of anilines is 1. The number of hydrogen-bond donors (Lipinski definition) is 2. The minimum Gasteiger partial charge on any atom is -0.480 e. The molecule has 1 aromatic carbocycles. The van der Waals surface area contributed by atoms with Crippen LogP contribution in [-0.4, -0.2) is 33.4 Å². The van der Waals surface area contributed by atoms with Gasteiger partial charge >= 0.3 is 12.6 Å². The molecule has 0 aliphatic carbocycles. The van der Waals surface area contributed by atoms with Crippen LogP contribution in [0.15, 0.2) is 30.5 Å². The van der Waals surface area contributed by atoms with Crippen molar-refractivity contribution in [3.05, 3.63) is 41.7 Å². The lowest BCUT2D eigenvalue weighted by atomic mass is 10.2. The minimum atomic E-state index is -3.03. The maximum Gasteiger partial charge on any atom is 0.387 e. The molecule has 1 amide bonds. The number of alkyl halides is 2. The number of amides is 1. The highest BCUT2D eigenvalue weighted by Crippen LogP contribution is 2.27. The van der Waals surface area contributed by atoms with E-state index >= 15 is 0 Å². The SMILES string of the molecule is Cc1ccc(OC(F)F)c(NC(=O)c2ccn(C(C)C(=O)O)n2)c1. The van der Waals surface area contributed by atoms with Crippen molar-refractivity contribution in [3.63, 3.8) is 0 Å². The number of aryl methyl sites for hydroxylation is 1. The Morgan fingerprint density at radius 1 is 1.33 bits per heavy atom. The summed E-state index contributed by atoms with van der Waals surface area (Å²) < 4.78 is 30.3. The van der Waals surface area contributed by atoms with E-state index in [1.165, 1.54) is 31.3 Å². The van der Waals surface area contributed by atoms with Crippen LogP contribution in [0.4, 0.5) is 14.5 Å². The van der Waals surface area contributed by atoms with Crippen LogP contribution in [0.5, 0.6) is 5.75 Å². The lowest BCUT2D eigenvalue weighted by molar-refractivity contribution is -0.140. The number of ether oxygens (including phenoxy) is 1. The third-order valence-corrected chi connectivity index (χ3v) is 3.19. The first kappa shape index (κ1) is 17.4. The molecule has 0 saturated carbocycles. The maximum atomic E-state index is 12.4. The normalized spacial score (nSPS) is 12.0. The molecular formula is C15H15F2N3O4.